The lowest BCUT2D eigenvalue weighted by Crippen LogP contribution is -2.24. The zero-order chi connectivity index (χ0) is 9.68. The predicted molar refractivity (Wildman–Crippen MR) is 56.5 cm³/mol. The number of hydrogen-bond acceptors (Lipinski definition) is 3. The quantitative estimate of drug-likeness (QED) is 0.753. The standard InChI is InChI=1S/C9H10BrN3/c1-3-5-13(4-2)9-11-6-8(10)7-12-9/h1,6-7H,4-5H2,2H3. The minimum Gasteiger partial charge on any atom is -0.330 e. The van der Waals surface area contributed by atoms with E-state index in [1.54, 1.807) is 12.4 Å². The molecule has 3 nitrogen and oxygen atoms in total. The molecule has 0 fully saturated rings. The molecule has 0 spiro atoms. The van der Waals surface area contributed by atoms with Crippen LogP contribution in [0.15, 0.2) is 16.9 Å². The van der Waals surface area contributed by atoms with Gasteiger partial charge >= 0.3 is 0 Å². The Labute approximate surface area is 86.3 Å². The minimum atomic E-state index is 0.540. The van der Waals surface area contributed by atoms with Crippen LogP contribution in [0.1, 0.15) is 6.92 Å². The first-order valence-electron chi connectivity index (χ1n) is 3.94. The SMILES string of the molecule is C#CCN(CC)c1ncc(Br)cn1. The summed E-state index contributed by atoms with van der Waals surface area (Å²) in [4.78, 5) is 10.2. The molecule has 0 saturated carbocycles. The van der Waals surface area contributed by atoms with Crippen molar-refractivity contribution in [2.24, 2.45) is 0 Å². The van der Waals surface area contributed by atoms with Crippen molar-refractivity contribution >= 4 is 21.9 Å². The summed E-state index contributed by atoms with van der Waals surface area (Å²) in [6.07, 6.45) is 8.64. The summed E-state index contributed by atoms with van der Waals surface area (Å²) in [5.74, 6) is 3.24. The van der Waals surface area contributed by atoms with Crippen LogP contribution in [0.4, 0.5) is 5.95 Å². The molecule has 0 aliphatic carbocycles. The summed E-state index contributed by atoms with van der Waals surface area (Å²) >= 11 is 3.27. The third-order valence-corrected chi connectivity index (χ3v) is 1.96. The highest BCUT2D eigenvalue weighted by atomic mass is 79.9. The average Bonchev–Trinajstić information content (AvgIpc) is 2.16. The molecule has 1 heterocycles. The van der Waals surface area contributed by atoms with Crippen LogP contribution in [0.2, 0.25) is 0 Å². The first kappa shape index (κ1) is 10.0. The molecule has 0 atom stereocenters. The number of rotatable bonds is 3. The highest BCUT2D eigenvalue weighted by molar-refractivity contribution is 9.10. The lowest BCUT2D eigenvalue weighted by molar-refractivity contribution is 0.860. The van der Waals surface area contributed by atoms with Crippen molar-refractivity contribution in [2.75, 3.05) is 18.0 Å². The van der Waals surface area contributed by atoms with E-state index in [9.17, 15) is 0 Å². The Balaban J connectivity index is 2.80. The lowest BCUT2D eigenvalue weighted by Gasteiger charge is -2.16. The summed E-state index contributed by atoms with van der Waals surface area (Å²) < 4.78 is 0.869. The van der Waals surface area contributed by atoms with E-state index in [1.807, 2.05) is 11.8 Å². The Bertz CT molecular complexity index is 302. The van der Waals surface area contributed by atoms with Gasteiger partial charge in [-0.3, -0.25) is 0 Å². The Morgan fingerprint density at radius 2 is 2.15 bits per heavy atom. The molecule has 1 aromatic heterocycles. The topological polar surface area (TPSA) is 29.0 Å². The number of aromatic nitrogens is 2. The van der Waals surface area contributed by atoms with E-state index in [4.69, 9.17) is 6.42 Å². The fraction of sp³-hybridized carbons (Fsp3) is 0.333. The van der Waals surface area contributed by atoms with Gasteiger partial charge in [0.2, 0.25) is 5.95 Å². The van der Waals surface area contributed by atoms with E-state index in [1.165, 1.54) is 0 Å². The van der Waals surface area contributed by atoms with Crippen LogP contribution >= 0.6 is 15.9 Å². The van der Waals surface area contributed by atoms with Crippen molar-refractivity contribution in [1.82, 2.24) is 9.97 Å². The van der Waals surface area contributed by atoms with Crippen LogP contribution in [0.25, 0.3) is 0 Å². The van der Waals surface area contributed by atoms with E-state index >= 15 is 0 Å². The molecule has 1 aromatic rings. The number of hydrogen-bond donors (Lipinski definition) is 0. The number of terminal acetylenes is 1. The Kier molecular flexibility index (Phi) is 3.71. The first-order chi connectivity index (χ1) is 6.27. The van der Waals surface area contributed by atoms with Crippen LogP contribution in [0.5, 0.6) is 0 Å². The molecular weight excluding hydrogens is 230 g/mol. The number of nitrogens with zero attached hydrogens (tertiary/aromatic N) is 3. The summed E-state index contributed by atoms with van der Waals surface area (Å²) in [5.41, 5.74) is 0. The van der Waals surface area contributed by atoms with E-state index in [2.05, 4.69) is 31.8 Å². The van der Waals surface area contributed by atoms with Crippen LogP contribution in [-0.4, -0.2) is 23.1 Å². The van der Waals surface area contributed by atoms with E-state index in [-0.39, 0.29) is 0 Å². The van der Waals surface area contributed by atoms with Crippen LogP contribution in [-0.2, 0) is 0 Å². The molecule has 0 saturated heterocycles. The first-order valence-corrected chi connectivity index (χ1v) is 4.73. The summed E-state index contributed by atoms with van der Waals surface area (Å²) in [5, 5.41) is 0. The molecule has 0 amide bonds. The molecule has 0 aromatic carbocycles. The molecule has 0 radical (unpaired) electrons. The number of anilines is 1. The van der Waals surface area contributed by atoms with Gasteiger partial charge in [-0.05, 0) is 22.9 Å². The maximum Gasteiger partial charge on any atom is 0.226 e. The van der Waals surface area contributed by atoms with E-state index in [0.29, 0.717) is 12.5 Å². The van der Waals surface area contributed by atoms with Crippen molar-refractivity contribution in [3.05, 3.63) is 16.9 Å². The molecular formula is C9H10BrN3. The third-order valence-electron chi connectivity index (χ3n) is 1.55. The van der Waals surface area contributed by atoms with Gasteiger partial charge in [0.1, 0.15) is 0 Å². The van der Waals surface area contributed by atoms with Crippen molar-refractivity contribution in [3.8, 4) is 12.3 Å². The third kappa shape index (κ3) is 2.71. The van der Waals surface area contributed by atoms with Crippen LogP contribution in [0, 0.1) is 12.3 Å². The predicted octanol–water partition coefficient (Wildman–Crippen LogP) is 1.70. The molecule has 1 rings (SSSR count). The maximum atomic E-state index is 5.22. The Morgan fingerprint density at radius 1 is 1.54 bits per heavy atom. The molecule has 0 aliphatic heterocycles. The van der Waals surface area contributed by atoms with Crippen LogP contribution < -0.4 is 4.90 Å². The maximum absolute atomic E-state index is 5.22. The van der Waals surface area contributed by atoms with E-state index in [0.717, 1.165) is 11.0 Å². The fourth-order valence-corrected chi connectivity index (χ4v) is 1.11. The highest BCUT2D eigenvalue weighted by Gasteiger charge is 2.04. The van der Waals surface area contributed by atoms with Gasteiger partial charge in [0, 0.05) is 18.9 Å². The largest absolute Gasteiger partial charge is 0.330 e. The molecule has 4 heteroatoms. The van der Waals surface area contributed by atoms with Crippen LogP contribution in [0.3, 0.4) is 0 Å². The summed E-state index contributed by atoms with van der Waals surface area (Å²) in [6.45, 7) is 3.37. The number of halogens is 1. The van der Waals surface area contributed by atoms with Gasteiger partial charge in [-0.1, -0.05) is 5.92 Å². The molecule has 0 bridgehead atoms. The van der Waals surface area contributed by atoms with Gasteiger partial charge in [-0.15, -0.1) is 6.42 Å². The van der Waals surface area contributed by atoms with Crippen molar-refractivity contribution in [1.29, 1.82) is 0 Å². The van der Waals surface area contributed by atoms with Gasteiger partial charge in [-0.2, -0.15) is 0 Å². The summed E-state index contributed by atoms with van der Waals surface area (Å²) in [6, 6.07) is 0. The highest BCUT2D eigenvalue weighted by Crippen LogP contribution is 2.09. The zero-order valence-corrected chi connectivity index (χ0v) is 8.95. The van der Waals surface area contributed by atoms with Crippen molar-refractivity contribution < 1.29 is 0 Å². The second-order valence-electron chi connectivity index (χ2n) is 2.42. The zero-order valence-electron chi connectivity index (χ0n) is 7.37. The van der Waals surface area contributed by atoms with Gasteiger partial charge in [-0.25, -0.2) is 9.97 Å². The van der Waals surface area contributed by atoms with Gasteiger partial charge < -0.3 is 4.90 Å². The van der Waals surface area contributed by atoms with Gasteiger partial charge in [0.15, 0.2) is 0 Å². The monoisotopic (exact) mass is 239 g/mol. The molecule has 0 N–H and O–H groups in total. The fourth-order valence-electron chi connectivity index (χ4n) is 0.903. The normalized spacial score (nSPS) is 9.31. The van der Waals surface area contributed by atoms with Crippen molar-refractivity contribution in [3.63, 3.8) is 0 Å². The molecule has 13 heavy (non-hydrogen) atoms. The second kappa shape index (κ2) is 4.83. The van der Waals surface area contributed by atoms with Gasteiger partial charge in [0.05, 0.1) is 11.0 Å². The minimum absolute atomic E-state index is 0.540. The second-order valence-corrected chi connectivity index (χ2v) is 3.34. The Hall–Kier alpha value is -1.08. The van der Waals surface area contributed by atoms with Gasteiger partial charge in [0.25, 0.3) is 0 Å². The molecule has 0 aliphatic rings. The van der Waals surface area contributed by atoms with Crippen molar-refractivity contribution in [2.45, 2.75) is 6.92 Å². The molecule has 68 valence electrons. The lowest BCUT2D eigenvalue weighted by atomic mass is 10.5. The summed E-state index contributed by atoms with van der Waals surface area (Å²) in [7, 11) is 0. The van der Waals surface area contributed by atoms with E-state index < -0.39 is 0 Å². The molecule has 0 unspecified atom stereocenters. The average molecular weight is 240 g/mol. The Morgan fingerprint density at radius 3 is 2.62 bits per heavy atom. The smallest absolute Gasteiger partial charge is 0.226 e.